The Hall–Kier alpha value is -1.35. The van der Waals surface area contributed by atoms with Crippen molar-refractivity contribution in [2.45, 2.75) is 26.7 Å². The van der Waals surface area contributed by atoms with E-state index in [1.165, 1.54) is 16.6 Å². The van der Waals surface area contributed by atoms with Crippen LogP contribution in [0.4, 0.5) is 0 Å². The first kappa shape index (κ1) is 11.1. The number of rotatable bonds is 4. The molecule has 0 unspecified atom stereocenters. The normalized spacial score (nSPS) is 11.5. The second-order valence-electron chi connectivity index (χ2n) is 4.69. The Morgan fingerprint density at radius 1 is 1.38 bits per heavy atom. The SMILES string of the molecule is CC(C)Cc1[nH]nc2cc(CCN)ccc12. The molecule has 16 heavy (non-hydrogen) atoms. The molecule has 0 aliphatic rings. The van der Waals surface area contributed by atoms with Gasteiger partial charge in [0.1, 0.15) is 0 Å². The first-order valence-corrected chi connectivity index (χ1v) is 5.86. The highest BCUT2D eigenvalue weighted by Crippen LogP contribution is 2.20. The lowest BCUT2D eigenvalue weighted by molar-refractivity contribution is 0.636. The maximum Gasteiger partial charge on any atom is 0.0926 e. The highest BCUT2D eigenvalue weighted by molar-refractivity contribution is 5.82. The second kappa shape index (κ2) is 4.66. The number of aromatic amines is 1. The molecule has 86 valence electrons. The van der Waals surface area contributed by atoms with E-state index in [1.807, 2.05) is 0 Å². The van der Waals surface area contributed by atoms with Crippen molar-refractivity contribution in [1.29, 1.82) is 0 Å². The Labute approximate surface area is 96.0 Å². The fourth-order valence-electron chi connectivity index (χ4n) is 2.00. The third-order valence-corrected chi connectivity index (χ3v) is 2.74. The highest BCUT2D eigenvalue weighted by atomic mass is 15.1. The number of benzene rings is 1. The second-order valence-corrected chi connectivity index (χ2v) is 4.69. The summed E-state index contributed by atoms with van der Waals surface area (Å²) in [5.74, 6) is 0.646. The first-order chi connectivity index (χ1) is 7.70. The number of H-pyrrole nitrogens is 1. The minimum Gasteiger partial charge on any atom is -0.330 e. The van der Waals surface area contributed by atoms with E-state index in [1.54, 1.807) is 0 Å². The van der Waals surface area contributed by atoms with Crippen molar-refractivity contribution in [3.8, 4) is 0 Å². The maximum absolute atomic E-state index is 5.55. The van der Waals surface area contributed by atoms with Gasteiger partial charge < -0.3 is 5.73 Å². The number of nitrogens with two attached hydrogens (primary N) is 1. The van der Waals surface area contributed by atoms with Crippen LogP contribution in [0.3, 0.4) is 0 Å². The smallest absolute Gasteiger partial charge is 0.0926 e. The van der Waals surface area contributed by atoms with Gasteiger partial charge in [-0.2, -0.15) is 5.10 Å². The molecule has 3 N–H and O–H groups in total. The van der Waals surface area contributed by atoms with Gasteiger partial charge in [0.2, 0.25) is 0 Å². The van der Waals surface area contributed by atoms with Crippen LogP contribution >= 0.6 is 0 Å². The average molecular weight is 217 g/mol. The minimum absolute atomic E-state index is 0.646. The summed E-state index contributed by atoms with van der Waals surface area (Å²) >= 11 is 0. The van der Waals surface area contributed by atoms with Gasteiger partial charge in [-0.15, -0.1) is 0 Å². The molecule has 1 aromatic heterocycles. The number of nitrogens with one attached hydrogen (secondary N) is 1. The molecule has 0 aliphatic carbocycles. The molecular weight excluding hydrogens is 198 g/mol. The molecule has 0 fully saturated rings. The van der Waals surface area contributed by atoms with Crippen LogP contribution < -0.4 is 5.73 Å². The molecule has 0 amide bonds. The summed E-state index contributed by atoms with van der Waals surface area (Å²) in [4.78, 5) is 0. The summed E-state index contributed by atoms with van der Waals surface area (Å²) in [5.41, 5.74) is 9.11. The van der Waals surface area contributed by atoms with Crippen LogP contribution in [0, 0.1) is 5.92 Å². The monoisotopic (exact) mass is 217 g/mol. The van der Waals surface area contributed by atoms with Crippen LogP contribution in [0.15, 0.2) is 18.2 Å². The van der Waals surface area contributed by atoms with Crippen molar-refractivity contribution in [3.63, 3.8) is 0 Å². The Balaban J connectivity index is 2.34. The van der Waals surface area contributed by atoms with E-state index in [2.05, 4.69) is 42.2 Å². The maximum atomic E-state index is 5.55. The zero-order valence-electron chi connectivity index (χ0n) is 9.96. The lowest BCUT2D eigenvalue weighted by atomic mass is 10.0. The summed E-state index contributed by atoms with van der Waals surface area (Å²) in [7, 11) is 0. The quantitative estimate of drug-likeness (QED) is 0.825. The van der Waals surface area contributed by atoms with Crippen molar-refractivity contribution in [2.24, 2.45) is 11.7 Å². The summed E-state index contributed by atoms with van der Waals surface area (Å²) in [6.45, 7) is 5.12. The van der Waals surface area contributed by atoms with Crippen LogP contribution in [0.2, 0.25) is 0 Å². The van der Waals surface area contributed by atoms with Crippen LogP contribution in [0.5, 0.6) is 0 Å². The van der Waals surface area contributed by atoms with Crippen molar-refractivity contribution in [1.82, 2.24) is 10.2 Å². The third kappa shape index (κ3) is 2.25. The molecule has 2 aromatic rings. The summed E-state index contributed by atoms with van der Waals surface area (Å²) in [6.07, 6.45) is 1.97. The predicted molar refractivity (Wildman–Crippen MR) is 67.4 cm³/mol. The lowest BCUT2D eigenvalue weighted by Gasteiger charge is -2.02. The van der Waals surface area contributed by atoms with Gasteiger partial charge in [0.15, 0.2) is 0 Å². The molecule has 0 saturated heterocycles. The van der Waals surface area contributed by atoms with Crippen molar-refractivity contribution < 1.29 is 0 Å². The number of nitrogens with zero attached hydrogens (tertiary/aromatic N) is 1. The Morgan fingerprint density at radius 3 is 2.88 bits per heavy atom. The molecule has 3 heteroatoms. The Kier molecular flexibility index (Phi) is 3.25. The van der Waals surface area contributed by atoms with E-state index in [0.29, 0.717) is 12.5 Å². The molecule has 0 radical (unpaired) electrons. The molecular formula is C13H19N3. The van der Waals surface area contributed by atoms with Gasteiger partial charge >= 0.3 is 0 Å². The van der Waals surface area contributed by atoms with Gasteiger partial charge in [-0.25, -0.2) is 0 Å². The van der Waals surface area contributed by atoms with Crippen molar-refractivity contribution >= 4 is 10.9 Å². The van der Waals surface area contributed by atoms with E-state index in [9.17, 15) is 0 Å². The zero-order valence-corrected chi connectivity index (χ0v) is 9.96. The highest BCUT2D eigenvalue weighted by Gasteiger charge is 2.07. The number of hydrogen-bond acceptors (Lipinski definition) is 2. The van der Waals surface area contributed by atoms with Crippen LogP contribution in [0.25, 0.3) is 10.9 Å². The molecule has 1 aromatic carbocycles. The number of hydrogen-bond donors (Lipinski definition) is 2. The standard InChI is InChI=1S/C13H19N3/c1-9(2)7-12-11-4-3-10(5-6-14)8-13(11)16-15-12/h3-4,8-9H,5-7,14H2,1-2H3,(H,15,16). The van der Waals surface area contributed by atoms with Crippen LogP contribution in [-0.2, 0) is 12.8 Å². The summed E-state index contributed by atoms with van der Waals surface area (Å²) in [6, 6.07) is 6.43. The molecule has 3 nitrogen and oxygen atoms in total. The molecule has 0 atom stereocenters. The zero-order chi connectivity index (χ0) is 11.5. The predicted octanol–water partition coefficient (Wildman–Crippen LogP) is 2.26. The van der Waals surface area contributed by atoms with Gasteiger partial charge in [0.05, 0.1) is 5.52 Å². The largest absolute Gasteiger partial charge is 0.330 e. The topological polar surface area (TPSA) is 54.7 Å². The average Bonchev–Trinajstić information content (AvgIpc) is 2.61. The third-order valence-electron chi connectivity index (χ3n) is 2.74. The molecule has 0 spiro atoms. The van der Waals surface area contributed by atoms with Gasteiger partial charge in [-0.05, 0) is 36.9 Å². The fourth-order valence-corrected chi connectivity index (χ4v) is 2.00. The van der Waals surface area contributed by atoms with E-state index in [-0.39, 0.29) is 0 Å². The summed E-state index contributed by atoms with van der Waals surface area (Å²) in [5, 5.41) is 8.73. The van der Waals surface area contributed by atoms with E-state index >= 15 is 0 Å². The molecule has 1 heterocycles. The van der Waals surface area contributed by atoms with Gasteiger partial charge in [0, 0.05) is 11.1 Å². The Morgan fingerprint density at radius 2 is 2.19 bits per heavy atom. The molecule has 0 bridgehead atoms. The Bertz CT molecular complexity index is 471. The van der Waals surface area contributed by atoms with Crippen molar-refractivity contribution in [3.05, 3.63) is 29.5 Å². The first-order valence-electron chi connectivity index (χ1n) is 5.86. The van der Waals surface area contributed by atoms with Crippen LogP contribution in [0.1, 0.15) is 25.1 Å². The fraction of sp³-hybridized carbons (Fsp3) is 0.462. The van der Waals surface area contributed by atoms with Gasteiger partial charge in [-0.1, -0.05) is 26.0 Å². The van der Waals surface area contributed by atoms with E-state index < -0.39 is 0 Å². The van der Waals surface area contributed by atoms with Crippen LogP contribution in [-0.4, -0.2) is 16.7 Å². The minimum atomic E-state index is 0.646. The summed E-state index contributed by atoms with van der Waals surface area (Å²) < 4.78 is 0. The van der Waals surface area contributed by atoms with Gasteiger partial charge in [-0.3, -0.25) is 5.10 Å². The van der Waals surface area contributed by atoms with E-state index in [4.69, 9.17) is 5.73 Å². The lowest BCUT2D eigenvalue weighted by Crippen LogP contribution is -2.02. The number of fused-ring (bicyclic) bond motifs is 1. The molecule has 0 aliphatic heterocycles. The molecule has 0 saturated carbocycles. The number of aromatic nitrogens is 2. The van der Waals surface area contributed by atoms with Crippen molar-refractivity contribution in [2.75, 3.05) is 6.54 Å². The van der Waals surface area contributed by atoms with E-state index in [0.717, 1.165) is 18.4 Å². The molecule has 2 rings (SSSR count). The van der Waals surface area contributed by atoms with Gasteiger partial charge in [0.25, 0.3) is 0 Å².